The van der Waals surface area contributed by atoms with Gasteiger partial charge in [0.2, 0.25) is 0 Å². The number of nitrogens with zero attached hydrogens (tertiary/aromatic N) is 2. The third-order valence-electron chi connectivity index (χ3n) is 2.04. The number of amides is 1. The summed E-state index contributed by atoms with van der Waals surface area (Å²) in [4.78, 5) is 21.9. The maximum atomic E-state index is 10.8. The monoisotopic (exact) mass is 228 g/mol. The molecule has 2 heterocycles. The lowest BCUT2D eigenvalue weighted by molar-refractivity contribution is 0.0965. The van der Waals surface area contributed by atoms with Crippen LogP contribution in [0.2, 0.25) is 0 Å². The van der Waals surface area contributed by atoms with Gasteiger partial charge in [0.15, 0.2) is 5.17 Å². The van der Waals surface area contributed by atoms with Gasteiger partial charge in [-0.15, -0.1) is 0 Å². The molecule has 0 aromatic carbocycles. The molecular formula is C8H12N4O2S. The van der Waals surface area contributed by atoms with E-state index in [9.17, 15) is 4.79 Å². The molecule has 0 aliphatic carbocycles. The van der Waals surface area contributed by atoms with Gasteiger partial charge in [-0.2, -0.15) is 5.48 Å². The smallest absolute Gasteiger partial charge is 0.323 e. The van der Waals surface area contributed by atoms with Crippen molar-refractivity contribution in [1.29, 1.82) is 0 Å². The zero-order valence-electron chi connectivity index (χ0n) is 8.32. The van der Waals surface area contributed by atoms with Gasteiger partial charge in [0, 0.05) is 25.5 Å². The second-order valence-electron chi connectivity index (χ2n) is 3.03. The van der Waals surface area contributed by atoms with E-state index in [1.54, 1.807) is 0 Å². The minimum atomic E-state index is -0.511. The number of carbonyl (C=O) groups is 1. The van der Waals surface area contributed by atoms with Gasteiger partial charge in [0.1, 0.15) is 5.82 Å². The molecule has 0 atom stereocenters. The Morgan fingerprint density at radius 1 is 1.73 bits per heavy atom. The Labute approximate surface area is 91.7 Å². The Morgan fingerprint density at radius 2 is 2.60 bits per heavy atom. The van der Waals surface area contributed by atoms with E-state index in [0.29, 0.717) is 0 Å². The Morgan fingerprint density at radius 3 is 3.40 bits per heavy atom. The molecule has 7 heteroatoms. The topological polar surface area (TPSA) is 66.0 Å². The van der Waals surface area contributed by atoms with Gasteiger partial charge >= 0.3 is 6.09 Å². The molecule has 0 aromatic rings. The van der Waals surface area contributed by atoms with Gasteiger partial charge in [-0.25, -0.2) is 4.79 Å². The fraction of sp³-hybridized carbons (Fsp3) is 0.500. The van der Waals surface area contributed by atoms with Gasteiger partial charge in [-0.1, -0.05) is 11.8 Å². The van der Waals surface area contributed by atoms with E-state index in [1.165, 1.54) is 18.8 Å². The SMILES string of the molecule is CNC(=O)ONC1=CSC2=NCCCN12. The Balaban J connectivity index is 1.91. The Bertz CT molecular complexity index is 329. The highest BCUT2D eigenvalue weighted by atomic mass is 32.2. The summed E-state index contributed by atoms with van der Waals surface area (Å²) in [5, 5.41) is 5.20. The zero-order valence-corrected chi connectivity index (χ0v) is 9.13. The number of nitrogens with one attached hydrogen (secondary N) is 2. The van der Waals surface area contributed by atoms with E-state index in [0.717, 1.165) is 30.5 Å². The number of amidine groups is 1. The third-order valence-corrected chi connectivity index (χ3v) is 2.94. The van der Waals surface area contributed by atoms with Gasteiger partial charge in [-0.3, -0.25) is 4.99 Å². The van der Waals surface area contributed by atoms with Crippen molar-refractivity contribution in [1.82, 2.24) is 15.7 Å². The predicted molar refractivity (Wildman–Crippen MR) is 58.0 cm³/mol. The predicted octanol–water partition coefficient (Wildman–Crippen LogP) is 0.454. The van der Waals surface area contributed by atoms with Crippen molar-refractivity contribution >= 4 is 23.0 Å². The summed E-state index contributed by atoms with van der Waals surface area (Å²) in [6, 6.07) is 0. The molecule has 2 aliphatic heterocycles. The lowest BCUT2D eigenvalue weighted by Crippen LogP contribution is -2.37. The third kappa shape index (κ3) is 2.17. The Kier molecular flexibility index (Phi) is 3.00. The molecule has 0 aromatic heterocycles. The van der Waals surface area contributed by atoms with E-state index in [4.69, 9.17) is 4.84 Å². The van der Waals surface area contributed by atoms with Crippen LogP contribution >= 0.6 is 11.8 Å². The van der Waals surface area contributed by atoms with Crippen molar-refractivity contribution in [3.05, 3.63) is 11.2 Å². The number of rotatable bonds is 2. The lowest BCUT2D eigenvalue weighted by atomic mass is 10.3. The fourth-order valence-corrected chi connectivity index (χ4v) is 2.18. The standard InChI is InChI=1S/C8H12N4O2S/c1-9-8(13)14-11-6-5-15-7-10-3-2-4-12(6)7/h5,11H,2-4H2,1H3,(H,9,13). The van der Waals surface area contributed by atoms with Crippen molar-refractivity contribution in [3.63, 3.8) is 0 Å². The maximum absolute atomic E-state index is 10.8. The number of aliphatic imine (C=N–C) groups is 1. The molecular weight excluding hydrogens is 216 g/mol. The summed E-state index contributed by atoms with van der Waals surface area (Å²) in [7, 11) is 1.51. The molecule has 0 saturated heterocycles. The first-order valence-electron chi connectivity index (χ1n) is 4.64. The molecule has 15 heavy (non-hydrogen) atoms. The number of hydroxylamine groups is 1. The second kappa shape index (κ2) is 4.43. The van der Waals surface area contributed by atoms with Gasteiger partial charge < -0.3 is 15.1 Å². The quantitative estimate of drug-likeness (QED) is 0.672. The molecule has 0 radical (unpaired) electrons. The first-order chi connectivity index (χ1) is 7.31. The summed E-state index contributed by atoms with van der Waals surface area (Å²) in [5.74, 6) is 0.766. The average Bonchev–Trinajstić information content (AvgIpc) is 2.69. The highest BCUT2D eigenvalue weighted by molar-refractivity contribution is 8.16. The van der Waals surface area contributed by atoms with Crippen molar-refractivity contribution < 1.29 is 9.63 Å². The van der Waals surface area contributed by atoms with Crippen LogP contribution in [0.15, 0.2) is 16.2 Å². The molecule has 6 nitrogen and oxygen atoms in total. The summed E-state index contributed by atoms with van der Waals surface area (Å²) in [6.45, 7) is 1.78. The second-order valence-corrected chi connectivity index (χ2v) is 3.87. The van der Waals surface area contributed by atoms with Crippen LogP contribution in [0.3, 0.4) is 0 Å². The van der Waals surface area contributed by atoms with E-state index in [1.807, 2.05) is 10.3 Å². The van der Waals surface area contributed by atoms with Crippen molar-refractivity contribution in [3.8, 4) is 0 Å². The van der Waals surface area contributed by atoms with Crippen molar-refractivity contribution in [2.45, 2.75) is 6.42 Å². The highest BCUT2D eigenvalue weighted by Crippen LogP contribution is 2.26. The molecule has 2 aliphatic rings. The molecule has 0 bridgehead atoms. The van der Waals surface area contributed by atoms with Crippen LogP contribution in [0.25, 0.3) is 0 Å². The number of thioether (sulfide) groups is 1. The van der Waals surface area contributed by atoms with Crippen LogP contribution in [0, 0.1) is 0 Å². The maximum Gasteiger partial charge on any atom is 0.431 e. The van der Waals surface area contributed by atoms with Gasteiger partial charge in [-0.05, 0) is 6.42 Å². The summed E-state index contributed by atoms with van der Waals surface area (Å²) in [5.41, 5.74) is 2.60. The molecule has 0 saturated carbocycles. The molecule has 2 N–H and O–H groups in total. The molecule has 2 rings (SSSR count). The first-order valence-corrected chi connectivity index (χ1v) is 5.52. The van der Waals surface area contributed by atoms with E-state index in [2.05, 4.69) is 15.8 Å². The highest BCUT2D eigenvalue weighted by Gasteiger charge is 2.25. The summed E-state index contributed by atoms with van der Waals surface area (Å²) in [6.07, 6.45) is 0.506. The minimum Gasteiger partial charge on any atom is -0.323 e. The van der Waals surface area contributed by atoms with Crippen molar-refractivity contribution in [2.75, 3.05) is 20.1 Å². The molecule has 0 unspecified atom stereocenters. The van der Waals surface area contributed by atoms with Crippen LogP contribution < -0.4 is 10.8 Å². The fourth-order valence-electron chi connectivity index (χ4n) is 1.31. The van der Waals surface area contributed by atoms with E-state index in [-0.39, 0.29) is 0 Å². The van der Waals surface area contributed by atoms with Crippen molar-refractivity contribution in [2.24, 2.45) is 4.99 Å². The van der Waals surface area contributed by atoms with Gasteiger partial charge in [0.05, 0.1) is 0 Å². The van der Waals surface area contributed by atoms with Crippen LogP contribution in [0.5, 0.6) is 0 Å². The van der Waals surface area contributed by atoms with Crippen LogP contribution in [0.4, 0.5) is 4.79 Å². The van der Waals surface area contributed by atoms with Crippen LogP contribution in [-0.2, 0) is 4.84 Å². The number of fused-ring (bicyclic) bond motifs is 1. The average molecular weight is 228 g/mol. The van der Waals surface area contributed by atoms with Gasteiger partial charge in [0.25, 0.3) is 0 Å². The zero-order chi connectivity index (χ0) is 10.7. The molecule has 1 amide bonds. The normalized spacial score (nSPS) is 18.9. The number of carbonyl (C=O) groups excluding carboxylic acids is 1. The largest absolute Gasteiger partial charge is 0.431 e. The summed E-state index contributed by atoms with van der Waals surface area (Å²) < 4.78 is 0. The van der Waals surface area contributed by atoms with E-state index < -0.39 is 6.09 Å². The van der Waals surface area contributed by atoms with E-state index >= 15 is 0 Å². The lowest BCUT2D eigenvalue weighted by Gasteiger charge is -2.24. The first kappa shape index (κ1) is 10.2. The minimum absolute atomic E-state index is 0.511. The molecule has 0 fully saturated rings. The Hall–Kier alpha value is -1.37. The number of hydrogen-bond acceptors (Lipinski definition) is 6. The number of hydrogen-bond donors (Lipinski definition) is 2. The summed E-state index contributed by atoms with van der Waals surface area (Å²) >= 11 is 1.53. The van der Waals surface area contributed by atoms with Crippen LogP contribution in [0.1, 0.15) is 6.42 Å². The molecule has 82 valence electrons. The van der Waals surface area contributed by atoms with Crippen LogP contribution in [-0.4, -0.2) is 36.3 Å². The molecule has 0 spiro atoms.